The maximum absolute atomic E-state index is 12.2. The second-order valence-electron chi connectivity index (χ2n) is 6.68. The number of nitrogens with zero attached hydrogens (tertiary/aromatic N) is 3. The van der Waals surface area contributed by atoms with Crippen LogP contribution in [0.25, 0.3) is 5.69 Å². The highest BCUT2D eigenvalue weighted by atomic mass is 32.2. The van der Waals surface area contributed by atoms with Gasteiger partial charge in [0.25, 0.3) is 0 Å². The summed E-state index contributed by atoms with van der Waals surface area (Å²) in [4.78, 5) is 12.2. The summed E-state index contributed by atoms with van der Waals surface area (Å²) in [6.07, 6.45) is 0.372. The molecule has 1 amide bonds. The summed E-state index contributed by atoms with van der Waals surface area (Å²) in [6, 6.07) is 29.0. The monoisotopic (exact) mass is 430 g/mol. The minimum Gasteiger partial charge on any atom is -0.486 e. The van der Waals surface area contributed by atoms with Gasteiger partial charge in [-0.05, 0) is 36.4 Å². The van der Waals surface area contributed by atoms with Crippen molar-refractivity contribution in [2.45, 2.75) is 18.2 Å². The first kappa shape index (κ1) is 20.7. The van der Waals surface area contributed by atoms with E-state index >= 15 is 0 Å². The molecule has 0 fully saturated rings. The number of aromatic nitrogens is 3. The second-order valence-corrected chi connectivity index (χ2v) is 7.75. The van der Waals surface area contributed by atoms with Crippen LogP contribution >= 0.6 is 11.8 Å². The molecule has 0 bridgehead atoms. The number of rotatable bonds is 9. The molecule has 4 rings (SSSR count). The van der Waals surface area contributed by atoms with Gasteiger partial charge < -0.3 is 10.1 Å². The number of ether oxygens (including phenoxy) is 1. The molecule has 31 heavy (non-hydrogen) atoms. The second kappa shape index (κ2) is 10.4. The van der Waals surface area contributed by atoms with E-state index in [9.17, 15) is 4.79 Å². The zero-order chi connectivity index (χ0) is 21.3. The van der Waals surface area contributed by atoms with Crippen LogP contribution in [0.1, 0.15) is 12.2 Å². The molecule has 1 heterocycles. The summed E-state index contributed by atoms with van der Waals surface area (Å²) >= 11 is 1.50. The van der Waals surface area contributed by atoms with Crippen molar-refractivity contribution >= 4 is 23.4 Å². The van der Waals surface area contributed by atoms with E-state index in [4.69, 9.17) is 4.74 Å². The molecular formula is C24H22N4O2S. The number of hydrogen-bond donors (Lipinski definition) is 1. The van der Waals surface area contributed by atoms with E-state index in [1.807, 2.05) is 95.6 Å². The van der Waals surface area contributed by atoms with Crippen LogP contribution in [0.3, 0.4) is 0 Å². The van der Waals surface area contributed by atoms with Crippen molar-refractivity contribution < 1.29 is 9.53 Å². The van der Waals surface area contributed by atoms with E-state index in [1.165, 1.54) is 11.8 Å². The molecular weight excluding hydrogens is 408 g/mol. The SMILES string of the molecule is O=C(CCSc1nnc(COc2ccccc2)n1-c1ccccc1)Nc1ccccc1. The van der Waals surface area contributed by atoms with Gasteiger partial charge in [-0.3, -0.25) is 9.36 Å². The molecule has 0 saturated carbocycles. The summed E-state index contributed by atoms with van der Waals surface area (Å²) in [5.41, 5.74) is 1.75. The molecule has 1 aromatic heterocycles. The fraction of sp³-hybridized carbons (Fsp3) is 0.125. The first-order valence-corrected chi connectivity index (χ1v) is 10.9. The van der Waals surface area contributed by atoms with Gasteiger partial charge in [0.15, 0.2) is 11.0 Å². The number of hydrogen-bond acceptors (Lipinski definition) is 5. The van der Waals surface area contributed by atoms with Crippen LogP contribution < -0.4 is 10.1 Å². The minimum absolute atomic E-state index is 0.0305. The number of amides is 1. The fourth-order valence-electron chi connectivity index (χ4n) is 2.97. The molecule has 0 aliphatic heterocycles. The molecule has 4 aromatic rings. The van der Waals surface area contributed by atoms with Crippen molar-refractivity contribution in [1.29, 1.82) is 0 Å². The van der Waals surface area contributed by atoms with E-state index in [-0.39, 0.29) is 5.91 Å². The molecule has 3 aromatic carbocycles. The maximum atomic E-state index is 12.2. The lowest BCUT2D eigenvalue weighted by Gasteiger charge is -2.11. The predicted octanol–water partition coefficient (Wildman–Crippen LogP) is 4.97. The first-order valence-electron chi connectivity index (χ1n) is 9.95. The normalized spacial score (nSPS) is 10.6. The number of para-hydroxylation sites is 3. The lowest BCUT2D eigenvalue weighted by Crippen LogP contribution is -2.12. The first-order chi connectivity index (χ1) is 15.3. The largest absolute Gasteiger partial charge is 0.486 e. The molecule has 0 atom stereocenters. The molecule has 0 aliphatic carbocycles. The molecule has 1 N–H and O–H groups in total. The van der Waals surface area contributed by atoms with Crippen molar-refractivity contribution in [1.82, 2.24) is 14.8 Å². The van der Waals surface area contributed by atoms with Crippen molar-refractivity contribution in [3.05, 3.63) is 96.8 Å². The Morgan fingerprint density at radius 3 is 2.23 bits per heavy atom. The molecule has 6 nitrogen and oxygen atoms in total. The van der Waals surface area contributed by atoms with E-state index in [0.29, 0.717) is 24.6 Å². The quantitative estimate of drug-likeness (QED) is 0.380. The molecule has 0 unspecified atom stereocenters. The van der Waals surface area contributed by atoms with E-state index in [1.54, 1.807) is 0 Å². The van der Waals surface area contributed by atoms with Gasteiger partial charge in [-0.2, -0.15) is 0 Å². The molecule has 0 spiro atoms. The maximum Gasteiger partial charge on any atom is 0.225 e. The lowest BCUT2D eigenvalue weighted by atomic mass is 10.3. The highest BCUT2D eigenvalue weighted by Crippen LogP contribution is 2.24. The van der Waals surface area contributed by atoms with Gasteiger partial charge in [-0.15, -0.1) is 10.2 Å². The Morgan fingerprint density at radius 1 is 0.871 bits per heavy atom. The van der Waals surface area contributed by atoms with Crippen molar-refractivity contribution in [3.63, 3.8) is 0 Å². The zero-order valence-electron chi connectivity index (χ0n) is 16.8. The molecule has 0 saturated heterocycles. The summed E-state index contributed by atoms with van der Waals surface area (Å²) in [7, 11) is 0. The topological polar surface area (TPSA) is 69.0 Å². The number of nitrogens with one attached hydrogen (secondary N) is 1. The van der Waals surface area contributed by atoms with Gasteiger partial charge in [-0.25, -0.2) is 0 Å². The van der Waals surface area contributed by atoms with Gasteiger partial charge >= 0.3 is 0 Å². The average molecular weight is 431 g/mol. The summed E-state index contributed by atoms with van der Waals surface area (Å²) in [5.74, 6) is 2.03. The molecule has 0 radical (unpaired) electrons. The van der Waals surface area contributed by atoms with Crippen LogP contribution in [0.4, 0.5) is 5.69 Å². The van der Waals surface area contributed by atoms with Crippen LogP contribution in [-0.4, -0.2) is 26.4 Å². The number of anilines is 1. The van der Waals surface area contributed by atoms with Crippen LogP contribution in [0.15, 0.2) is 96.2 Å². The Bertz CT molecular complexity index is 1100. The van der Waals surface area contributed by atoms with Gasteiger partial charge in [-0.1, -0.05) is 66.4 Å². The third-order valence-corrected chi connectivity index (χ3v) is 5.37. The lowest BCUT2D eigenvalue weighted by molar-refractivity contribution is -0.115. The summed E-state index contributed by atoms with van der Waals surface area (Å²) < 4.78 is 7.85. The zero-order valence-corrected chi connectivity index (χ0v) is 17.7. The third kappa shape index (κ3) is 5.73. The van der Waals surface area contributed by atoms with Gasteiger partial charge in [0.1, 0.15) is 12.4 Å². The van der Waals surface area contributed by atoms with Crippen molar-refractivity contribution in [3.8, 4) is 11.4 Å². The average Bonchev–Trinajstić information content (AvgIpc) is 3.22. The van der Waals surface area contributed by atoms with Gasteiger partial charge in [0.2, 0.25) is 5.91 Å². The van der Waals surface area contributed by atoms with Crippen molar-refractivity contribution in [2.24, 2.45) is 0 Å². The highest BCUT2D eigenvalue weighted by Gasteiger charge is 2.15. The van der Waals surface area contributed by atoms with Crippen LogP contribution in [0.5, 0.6) is 5.75 Å². The van der Waals surface area contributed by atoms with E-state index in [2.05, 4.69) is 15.5 Å². The Kier molecular flexibility index (Phi) is 6.97. The van der Waals surface area contributed by atoms with Crippen LogP contribution in [0, 0.1) is 0 Å². The minimum atomic E-state index is -0.0305. The molecule has 7 heteroatoms. The van der Waals surface area contributed by atoms with Crippen molar-refractivity contribution in [2.75, 3.05) is 11.1 Å². The molecule has 0 aliphatic rings. The third-order valence-electron chi connectivity index (χ3n) is 4.44. The highest BCUT2D eigenvalue weighted by molar-refractivity contribution is 7.99. The van der Waals surface area contributed by atoms with Crippen LogP contribution in [0.2, 0.25) is 0 Å². The van der Waals surface area contributed by atoms with Crippen LogP contribution in [-0.2, 0) is 11.4 Å². The van der Waals surface area contributed by atoms with Gasteiger partial charge in [0.05, 0.1) is 0 Å². The standard InChI is InChI=1S/C24H22N4O2S/c29-23(25-19-10-4-1-5-11-19)16-17-31-24-27-26-22(18-30-21-14-8-3-9-15-21)28(24)20-12-6-2-7-13-20/h1-15H,16-18H2,(H,25,29). The molecule has 156 valence electrons. The number of benzene rings is 3. The Morgan fingerprint density at radius 2 is 1.52 bits per heavy atom. The Balaban J connectivity index is 1.43. The fourth-order valence-corrected chi connectivity index (χ4v) is 3.88. The summed E-state index contributed by atoms with van der Waals surface area (Å²) in [6.45, 7) is 0.293. The number of carbonyl (C=O) groups excluding carboxylic acids is 1. The predicted molar refractivity (Wildman–Crippen MR) is 123 cm³/mol. The van der Waals surface area contributed by atoms with E-state index < -0.39 is 0 Å². The van der Waals surface area contributed by atoms with E-state index in [0.717, 1.165) is 22.3 Å². The number of carbonyl (C=O) groups is 1. The Hall–Kier alpha value is -3.58. The smallest absolute Gasteiger partial charge is 0.225 e. The Labute approximate surface area is 185 Å². The number of thioether (sulfide) groups is 1. The summed E-state index contributed by atoms with van der Waals surface area (Å²) in [5, 5.41) is 12.3. The van der Waals surface area contributed by atoms with Gasteiger partial charge in [0, 0.05) is 23.5 Å².